The zero-order chi connectivity index (χ0) is 28.9. The van der Waals surface area contributed by atoms with Gasteiger partial charge in [-0.05, 0) is 43.7 Å². The lowest BCUT2D eigenvalue weighted by molar-refractivity contribution is -0.146. The van der Waals surface area contributed by atoms with Crippen LogP contribution in [0.1, 0.15) is 42.6 Å². The number of nitrogens with zero attached hydrogens (tertiary/aromatic N) is 1. The highest BCUT2D eigenvalue weighted by atomic mass is 35.5. The van der Waals surface area contributed by atoms with E-state index >= 15 is 0 Å². The van der Waals surface area contributed by atoms with Gasteiger partial charge in [-0.15, -0.1) is 11.8 Å². The van der Waals surface area contributed by atoms with Gasteiger partial charge in [0, 0.05) is 24.3 Å². The molecule has 1 saturated heterocycles. The van der Waals surface area contributed by atoms with Crippen LogP contribution in [0.25, 0.3) is 0 Å². The van der Waals surface area contributed by atoms with E-state index in [2.05, 4.69) is 10.6 Å². The Morgan fingerprint density at radius 1 is 1.03 bits per heavy atom. The second-order valence-electron chi connectivity index (χ2n) is 9.28. The predicted molar refractivity (Wildman–Crippen MR) is 148 cm³/mol. The maximum absolute atomic E-state index is 13.1. The number of benzene rings is 2. The lowest BCUT2D eigenvalue weighted by atomic mass is 10.0. The first-order valence-electron chi connectivity index (χ1n) is 11.9. The Balaban J connectivity index is 1.67. The van der Waals surface area contributed by atoms with Crippen molar-refractivity contribution in [3.63, 3.8) is 0 Å². The number of hydrogen-bond donors (Lipinski definition) is 4. The Hall–Kier alpha value is -3.28. The maximum Gasteiger partial charge on any atom is 0.326 e. The lowest BCUT2D eigenvalue weighted by Gasteiger charge is -2.34. The molecule has 0 aliphatic carbocycles. The van der Waals surface area contributed by atoms with Gasteiger partial charge in [-0.1, -0.05) is 41.4 Å². The molecule has 0 spiro atoms. The molecule has 39 heavy (non-hydrogen) atoms. The van der Waals surface area contributed by atoms with Crippen molar-refractivity contribution >= 4 is 70.3 Å². The molecule has 2 aromatic rings. The van der Waals surface area contributed by atoms with Crippen LogP contribution in [0.5, 0.6) is 0 Å². The molecule has 2 atom stereocenters. The number of carbonyl (C=O) groups is 5. The summed E-state index contributed by atoms with van der Waals surface area (Å²) in [5.74, 6) is -3.78. The Bertz CT molecular complexity index is 1270. The molecule has 10 nitrogen and oxygen atoms in total. The van der Waals surface area contributed by atoms with Gasteiger partial charge in [-0.3, -0.25) is 19.2 Å². The van der Waals surface area contributed by atoms with Crippen LogP contribution in [0.15, 0.2) is 42.5 Å². The smallest absolute Gasteiger partial charge is 0.326 e. The van der Waals surface area contributed by atoms with E-state index in [1.807, 2.05) is 0 Å². The van der Waals surface area contributed by atoms with Crippen LogP contribution in [0.2, 0.25) is 10.0 Å². The Kier molecular flexibility index (Phi) is 9.87. The third kappa shape index (κ3) is 7.65. The van der Waals surface area contributed by atoms with Crippen LogP contribution in [-0.4, -0.2) is 67.5 Å². The second kappa shape index (κ2) is 12.7. The van der Waals surface area contributed by atoms with Crippen molar-refractivity contribution in [2.45, 2.75) is 50.1 Å². The molecule has 0 saturated carbocycles. The fourth-order valence-electron chi connectivity index (χ4n) is 4.14. The number of carbonyl (C=O) groups excluding carboxylic acids is 3. The lowest BCUT2D eigenvalue weighted by Crippen LogP contribution is -2.55. The summed E-state index contributed by atoms with van der Waals surface area (Å²) in [6.45, 7) is 3.50. The number of carboxylic acid groups (broad SMARTS) is 2. The van der Waals surface area contributed by atoms with Gasteiger partial charge >= 0.3 is 11.9 Å². The summed E-state index contributed by atoms with van der Waals surface area (Å²) >= 11 is 13.5. The minimum absolute atomic E-state index is 0.0537. The molecule has 4 N–H and O–H groups in total. The monoisotopic (exact) mass is 595 g/mol. The molecule has 1 fully saturated rings. The molecule has 13 heteroatoms. The van der Waals surface area contributed by atoms with Gasteiger partial charge in [-0.2, -0.15) is 0 Å². The van der Waals surface area contributed by atoms with Gasteiger partial charge in [0.05, 0.1) is 26.9 Å². The van der Waals surface area contributed by atoms with E-state index in [1.165, 1.54) is 16.7 Å². The van der Waals surface area contributed by atoms with Crippen molar-refractivity contribution in [2.24, 2.45) is 0 Å². The van der Waals surface area contributed by atoms with Crippen LogP contribution >= 0.6 is 35.0 Å². The average molecular weight is 596 g/mol. The van der Waals surface area contributed by atoms with Crippen molar-refractivity contribution in [2.75, 3.05) is 11.1 Å². The van der Waals surface area contributed by atoms with E-state index in [0.29, 0.717) is 11.3 Å². The molecule has 0 aromatic heterocycles. The highest BCUT2D eigenvalue weighted by Gasteiger charge is 2.46. The number of nitrogens with one attached hydrogen (secondary N) is 2. The summed E-state index contributed by atoms with van der Waals surface area (Å²) in [6, 6.07) is 8.87. The normalized spacial score (nSPS) is 16.8. The van der Waals surface area contributed by atoms with Crippen molar-refractivity contribution in [3.8, 4) is 0 Å². The Labute approximate surface area is 239 Å². The Morgan fingerprint density at radius 3 is 2.21 bits per heavy atom. The second-order valence-corrected chi connectivity index (χ2v) is 11.7. The molecular formula is C26H27Cl2N3O7S. The molecule has 0 unspecified atom stereocenters. The maximum atomic E-state index is 13.1. The molecular weight excluding hydrogens is 569 g/mol. The van der Waals surface area contributed by atoms with Crippen molar-refractivity contribution < 1.29 is 34.2 Å². The molecule has 3 amide bonds. The average Bonchev–Trinajstić information content (AvgIpc) is 3.18. The number of amides is 3. The zero-order valence-corrected chi connectivity index (χ0v) is 23.4. The van der Waals surface area contributed by atoms with Crippen molar-refractivity contribution in [1.29, 1.82) is 0 Å². The molecule has 1 aliphatic rings. The largest absolute Gasteiger partial charge is 0.481 e. The SMILES string of the molecule is CC1(C)SC[C@H](C(=O)N[C@@H](Cc2ccc(NC(=O)c3c(Cl)cccc3Cl)cc2)C(=O)O)N1C(=O)CCC(=O)O. The van der Waals surface area contributed by atoms with E-state index in [4.69, 9.17) is 28.3 Å². The predicted octanol–water partition coefficient (Wildman–Crippen LogP) is 3.90. The van der Waals surface area contributed by atoms with E-state index in [-0.39, 0.29) is 40.6 Å². The first-order valence-corrected chi connectivity index (χ1v) is 13.6. The molecule has 0 radical (unpaired) electrons. The van der Waals surface area contributed by atoms with E-state index in [9.17, 15) is 29.1 Å². The van der Waals surface area contributed by atoms with Crippen LogP contribution < -0.4 is 10.6 Å². The minimum Gasteiger partial charge on any atom is -0.481 e. The summed E-state index contributed by atoms with van der Waals surface area (Å²) in [6.07, 6.45) is -0.692. The van der Waals surface area contributed by atoms with Gasteiger partial charge in [-0.25, -0.2) is 4.79 Å². The fourth-order valence-corrected chi connectivity index (χ4v) is 5.94. The summed E-state index contributed by atoms with van der Waals surface area (Å²) in [5.41, 5.74) is 1.13. The first-order chi connectivity index (χ1) is 18.3. The quantitative estimate of drug-likeness (QED) is 0.322. The van der Waals surface area contributed by atoms with E-state index in [0.717, 1.165) is 0 Å². The van der Waals surface area contributed by atoms with E-state index in [1.54, 1.807) is 56.3 Å². The first kappa shape index (κ1) is 30.3. The molecule has 2 aromatic carbocycles. The molecule has 1 heterocycles. The standard InChI is InChI=1S/C26H27Cl2N3O7S/c1-26(2)31(20(32)10-11-21(33)34)19(13-39-26)23(35)30-18(25(37)38)12-14-6-8-15(9-7-14)29-24(36)22-16(27)4-3-5-17(22)28/h3-9,18-19H,10-13H2,1-2H3,(H,29,36)(H,30,35)(H,33,34)(H,37,38)/t18-,19+/m0/s1. The summed E-state index contributed by atoms with van der Waals surface area (Å²) in [7, 11) is 0. The summed E-state index contributed by atoms with van der Waals surface area (Å²) < 4.78 is 0. The van der Waals surface area contributed by atoms with Gasteiger partial charge in [0.1, 0.15) is 12.1 Å². The number of hydrogen-bond acceptors (Lipinski definition) is 6. The Morgan fingerprint density at radius 2 is 1.64 bits per heavy atom. The number of rotatable bonds is 10. The third-order valence-corrected chi connectivity index (χ3v) is 8.08. The number of carboxylic acids is 2. The molecule has 0 bridgehead atoms. The van der Waals surface area contributed by atoms with Crippen molar-refractivity contribution in [3.05, 3.63) is 63.6 Å². The number of thioether (sulfide) groups is 1. The van der Waals surface area contributed by atoms with Crippen LogP contribution in [0.3, 0.4) is 0 Å². The summed E-state index contributed by atoms with van der Waals surface area (Å²) in [4.78, 5) is 61.8. The minimum atomic E-state index is -1.29. The van der Waals surface area contributed by atoms with Gasteiger partial charge in [0.2, 0.25) is 11.8 Å². The zero-order valence-electron chi connectivity index (χ0n) is 21.1. The molecule has 3 rings (SSSR count). The van der Waals surface area contributed by atoms with Gasteiger partial charge in [0.15, 0.2) is 0 Å². The van der Waals surface area contributed by atoms with Gasteiger partial charge in [0.25, 0.3) is 5.91 Å². The van der Waals surface area contributed by atoms with E-state index < -0.39 is 46.6 Å². The van der Waals surface area contributed by atoms with Crippen LogP contribution in [0, 0.1) is 0 Å². The fraction of sp³-hybridized carbons (Fsp3) is 0.346. The van der Waals surface area contributed by atoms with Crippen LogP contribution in [0.4, 0.5) is 5.69 Å². The van der Waals surface area contributed by atoms with Gasteiger partial charge < -0.3 is 25.7 Å². The topological polar surface area (TPSA) is 153 Å². The third-order valence-electron chi connectivity index (χ3n) is 6.07. The molecule has 208 valence electrons. The summed E-state index contributed by atoms with van der Waals surface area (Å²) in [5, 5.41) is 24.3. The number of anilines is 1. The molecule has 1 aliphatic heterocycles. The highest BCUT2D eigenvalue weighted by molar-refractivity contribution is 8.00. The number of aliphatic carboxylic acids is 2. The highest BCUT2D eigenvalue weighted by Crippen LogP contribution is 2.39. The number of halogens is 2. The van der Waals surface area contributed by atoms with Crippen LogP contribution in [-0.2, 0) is 25.6 Å². The van der Waals surface area contributed by atoms with Crippen molar-refractivity contribution in [1.82, 2.24) is 10.2 Å².